The predicted octanol–water partition coefficient (Wildman–Crippen LogP) is 0.744. The molecule has 0 radical (unpaired) electrons. The van der Waals surface area contributed by atoms with Crippen molar-refractivity contribution < 1.29 is 27.1 Å². The number of halogens is 2. The van der Waals surface area contributed by atoms with E-state index in [1.807, 2.05) is 0 Å². The molecule has 1 atom stereocenters. The van der Waals surface area contributed by atoms with E-state index in [2.05, 4.69) is 0 Å². The zero-order valence-corrected chi connectivity index (χ0v) is 12.7. The Labute approximate surface area is 127 Å². The quantitative estimate of drug-likeness (QED) is 0.879. The van der Waals surface area contributed by atoms with Crippen molar-refractivity contribution >= 4 is 16.0 Å². The van der Waals surface area contributed by atoms with Crippen LogP contribution in [0.25, 0.3) is 0 Å². The number of aliphatic carboxylic acids is 1. The van der Waals surface area contributed by atoms with Crippen molar-refractivity contribution in [2.75, 3.05) is 26.2 Å². The number of benzene rings is 1. The average Bonchev–Trinajstić information content (AvgIpc) is 2.46. The number of hydrogen-bond donors (Lipinski definition) is 1. The number of carbonyl (C=O) groups is 1. The fraction of sp³-hybridized carbons (Fsp3) is 0.462. The molecule has 0 spiro atoms. The molecular formula is C13H16F2N2O4S. The fourth-order valence-electron chi connectivity index (χ4n) is 2.31. The molecule has 6 nitrogen and oxygen atoms in total. The number of rotatable bonds is 4. The molecule has 0 aliphatic carbocycles. The summed E-state index contributed by atoms with van der Waals surface area (Å²) in [7, 11) is -4.06. The lowest BCUT2D eigenvalue weighted by atomic mass is 10.2. The van der Waals surface area contributed by atoms with Crippen LogP contribution in [0.1, 0.15) is 6.92 Å². The number of piperazine rings is 1. The van der Waals surface area contributed by atoms with E-state index in [-0.39, 0.29) is 26.2 Å². The minimum absolute atomic E-state index is 0.0524. The smallest absolute Gasteiger partial charge is 0.320 e. The number of hydrogen-bond acceptors (Lipinski definition) is 4. The third kappa shape index (κ3) is 3.26. The van der Waals surface area contributed by atoms with Gasteiger partial charge in [-0.3, -0.25) is 9.69 Å². The van der Waals surface area contributed by atoms with Gasteiger partial charge in [0.05, 0.1) is 0 Å². The summed E-state index contributed by atoms with van der Waals surface area (Å²) in [6, 6.07) is 1.59. The van der Waals surface area contributed by atoms with Crippen LogP contribution >= 0.6 is 0 Å². The molecule has 1 aliphatic rings. The molecule has 1 N–H and O–H groups in total. The SMILES string of the molecule is CC(C(=O)O)N1CCN(S(=O)(=O)c2ccc(F)cc2F)CC1. The van der Waals surface area contributed by atoms with Crippen molar-refractivity contribution in [2.24, 2.45) is 0 Å². The van der Waals surface area contributed by atoms with Crippen LogP contribution in [0, 0.1) is 11.6 Å². The number of sulfonamides is 1. The Hall–Kier alpha value is -1.58. The van der Waals surface area contributed by atoms with Crippen molar-refractivity contribution in [3.63, 3.8) is 0 Å². The number of nitrogens with zero attached hydrogens (tertiary/aromatic N) is 2. The first-order valence-electron chi connectivity index (χ1n) is 6.65. The summed E-state index contributed by atoms with van der Waals surface area (Å²) in [5.74, 6) is -2.97. The van der Waals surface area contributed by atoms with Gasteiger partial charge in [-0.2, -0.15) is 4.31 Å². The topological polar surface area (TPSA) is 77.9 Å². The second kappa shape index (κ2) is 6.27. The Balaban J connectivity index is 2.14. The minimum atomic E-state index is -4.06. The highest BCUT2D eigenvalue weighted by atomic mass is 32.2. The Morgan fingerprint density at radius 2 is 1.82 bits per heavy atom. The van der Waals surface area contributed by atoms with Gasteiger partial charge in [0, 0.05) is 32.2 Å². The summed E-state index contributed by atoms with van der Waals surface area (Å²) >= 11 is 0. The largest absolute Gasteiger partial charge is 0.480 e. The molecule has 9 heteroatoms. The summed E-state index contributed by atoms with van der Waals surface area (Å²) < 4.78 is 52.4. The second-order valence-corrected chi connectivity index (χ2v) is 6.94. The van der Waals surface area contributed by atoms with E-state index < -0.39 is 38.6 Å². The Morgan fingerprint density at radius 1 is 1.23 bits per heavy atom. The molecule has 1 aromatic carbocycles. The molecule has 0 aromatic heterocycles. The van der Waals surface area contributed by atoms with Crippen molar-refractivity contribution in [3.05, 3.63) is 29.8 Å². The Kier molecular flexibility index (Phi) is 4.78. The molecule has 0 amide bonds. The number of carboxylic acid groups (broad SMARTS) is 1. The maximum Gasteiger partial charge on any atom is 0.320 e. The molecule has 22 heavy (non-hydrogen) atoms. The third-order valence-electron chi connectivity index (χ3n) is 3.69. The first-order chi connectivity index (χ1) is 10.2. The van der Waals surface area contributed by atoms with Crippen LogP contribution in [-0.2, 0) is 14.8 Å². The van der Waals surface area contributed by atoms with Crippen LogP contribution in [0.3, 0.4) is 0 Å². The van der Waals surface area contributed by atoms with Crippen LogP contribution in [-0.4, -0.2) is 60.9 Å². The van der Waals surface area contributed by atoms with E-state index in [0.717, 1.165) is 16.4 Å². The molecule has 122 valence electrons. The van der Waals surface area contributed by atoms with E-state index >= 15 is 0 Å². The molecule has 1 fully saturated rings. The summed E-state index contributed by atoms with van der Waals surface area (Å²) in [6.07, 6.45) is 0. The van der Waals surface area contributed by atoms with Gasteiger partial charge in [-0.1, -0.05) is 0 Å². The molecule has 1 aromatic rings. The first kappa shape index (κ1) is 16.8. The average molecular weight is 334 g/mol. The molecule has 1 unspecified atom stereocenters. The zero-order chi connectivity index (χ0) is 16.5. The van der Waals surface area contributed by atoms with Gasteiger partial charge in [-0.25, -0.2) is 17.2 Å². The van der Waals surface area contributed by atoms with Crippen molar-refractivity contribution in [3.8, 4) is 0 Å². The van der Waals surface area contributed by atoms with Crippen LogP contribution in [0.4, 0.5) is 8.78 Å². The van der Waals surface area contributed by atoms with Gasteiger partial charge in [-0.05, 0) is 19.1 Å². The molecule has 1 aliphatic heterocycles. The highest BCUT2D eigenvalue weighted by Gasteiger charge is 2.33. The molecular weight excluding hydrogens is 318 g/mol. The standard InChI is InChI=1S/C13H16F2N2O4S/c1-9(13(18)19)16-4-6-17(7-5-16)22(20,21)12-3-2-10(14)8-11(12)15/h2-3,8-9H,4-7H2,1H3,(H,18,19). The van der Waals surface area contributed by atoms with Gasteiger partial charge < -0.3 is 5.11 Å². The van der Waals surface area contributed by atoms with Gasteiger partial charge in [0.2, 0.25) is 10.0 Å². The molecule has 0 saturated carbocycles. The summed E-state index contributed by atoms with van der Waals surface area (Å²) in [5.41, 5.74) is 0. The van der Waals surface area contributed by atoms with Crippen molar-refractivity contribution in [1.82, 2.24) is 9.21 Å². The molecule has 1 saturated heterocycles. The van der Waals surface area contributed by atoms with Gasteiger partial charge in [-0.15, -0.1) is 0 Å². The lowest BCUT2D eigenvalue weighted by Gasteiger charge is -2.35. The van der Waals surface area contributed by atoms with Crippen LogP contribution in [0.5, 0.6) is 0 Å². The fourth-order valence-corrected chi connectivity index (χ4v) is 3.78. The second-order valence-electron chi connectivity index (χ2n) is 5.03. The zero-order valence-electron chi connectivity index (χ0n) is 11.9. The summed E-state index contributed by atoms with van der Waals surface area (Å²) in [4.78, 5) is 12.0. The minimum Gasteiger partial charge on any atom is -0.480 e. The highest BCUT2D eigenvalue weighted by molar-refractivity contribution is 7.89. The van der Waals surface area contributed by atoms with E-state index in [1.54, 1.807) is 4.90 Å². The highest BCUT2D eigenvalue weighted by Crippen LogP contribution is 2.21. The van der Waals surface area contributed by atoms with E-state index in [0.29, 0.717) is 6.07 Å². The lowest BCUT2D eigenvalue weighted by molar-refractivity contribution is -0.143. The van der Waals surface area contributed by atoms with Crippen LogP contribution < -0.4 is 0 Å². The third-order valence-corrected chi connectivity index (χ3v) is 5.62. The maximum absolute atomic E-state index is 13.7. The predicted molar refractivity (Wildman–Crippen MR) is 73.8 cm³/mol. The lowest BCUT2D eigenvalue weighted by Crippen LogP contribution is -2.53. The summed E-state index contributed by atoms with van der Waals surface area (Å²) in [5, 5.41) is 8.94. The summed E-state index contributed by atoms with van der Waals surface area (Å²) in [6.45, 7) is 2.09. The van der Waals surface area contributed by atoms with Gasteiger partial charge >= 0.3 is 5.97 Å². The van der Waals surface area contributed by atoms with Crippen molar-refractivity contribution in [2.45, 2.75) is 17.9 Å². The van der Waals surface area contributed by atoms with Gasteiger partial charge in [0.1, 0.15) is 22.6 Å². The normalized spacial score (nSPS) is 19.0. The van der Waals surface area contributed by atoms with E-state index in [9.17, 15) is 22.0 Å². The Bertz CT molecular complexity index is 673. The van der Waals surface area contributed by atoms with Gasteiger partial charge in [0.25, 0.3) is 0 Å². The molecule has 2 rings (SSSR count). The van der Waals surface area contributed by atoms with Crippen LogP contribution in [0.2, 0.25) is 0 Å². The maximum atomic E-state index is 13.7. The Morgan fingerprint density at radius 3 is 2.32 bits per heavy atom. The van der Waals surface area contributed by atoms with Crippen molar-refractivity contribution in [1.29, 1.82) is 0 Å². The van der Waals surface area contributed by atoms with E-state index in [1.165, 1.54) is 6.92 Å². The van der Waals surface area contributed by atoms with E-state index in [4.69, 9.17) is 5.11 Å². The number of carboxylic acids is 1. The monoisotopic (exact) mass is 334 g/mol. The molecule has 0 bridgehead atoms. The van der Waals surface area contributed by atoms with Crippen LogP contribution in [0.15, 0.2) is 23.1 Å². The molecule has 1 heterocycles. The van der Waals surface area contributed by atoms with Gasteiger partial charge in [0.15, 0.2) is 0 Å². The first-order valence-corrected chi connectivity index (χ1v) is 8.09.